The number of piperidine rings is 1. The molecule has 0 bridgehead atoms. The number of aromatic nitrogens is 1. The summed E-state index contributed by atoms with van der Waals surface area (Å²) in [6, 6.07) is 13.5. The molecule has 1 N–H and O–H groups in total. The fourth-order valence-electron chi connectivity index (χ4n) is 3.92. The first kappa shape index (κ1) is 19.2. The van der Waals surface area contributed by atoms with Crippen molar-refractivity contribution in [3.63, 3.8) is 0 Å². The molecule has 2 fully saturated rings. The van der Waals surface area contributed by atoms with Crippen molar-refractivity contribution in [1.82, 2.24) is 9.88 Å². The molecule has 1 aromatic carbocycles. The van der Waals surface area contributed by atoms with Crippen LogP contribution < -0.4 is 15.1 Å². The maximum atomic E-state index is 12.5. The summed E-state index contributed by atoms with van der Waals surface area (Å²) < 4.78 is 0. The second-order valence-electron chi connectivity index (χ2n) is 7.52. The molecule has 2 aromatic rings. The Morgan fingerprint density at radius 3 is 2.17 bits per heavy atom. The average molecular weight is 393 g/mol. The number of carbonyl (C=O) groups excluding carboxylic acids is 2. The smallest absolute Gasteiger partial charge is 0.313 e. The summed E-state index contributed by atoms with van der Waals surface area (Å²) in [5, 5.41) is 2.74. The molecule has 4 rings (SSSR count). The number of nitrogens with one attached hydrogen (secondary N) is 1. The highest BCUT2D eigenvalue weighted by Crippen LogP contribution is 2.22. The summed E-state index contributed by atoms with van der Waals surface area (Å²) in [4.78, 5) is 35.4. The van der Waals surface area contributed by atoms with E-state index in [2.05, 4.69) is 20.1 Å². The highest BCUT2D eigenvalue weighted by molar-refractivity contribution is 6.39. The minimum absolute atomic E-state index is 0.481. The van der Waals surface area contributed by atoms with Gasteiger partial charge in [-0.3, -0.25) is 9.59 Å². The van der Waals surface area contributed by atoms with Gasteiger partial charge in [-0.05, 0) is 55.7 Å². The Kier molecular flexibility index (Phi) is 5.93. The lowest BCUT2D eigenvalue weighted by Gasteiger charge is -2.35. The quantitative estimate of drug-likeness (QED) is 0.811. The second-order valence-corrected chi connectivity index (χ2v) is 7.52. The molecule has 0 spiro atoms. The number of rotatable bonds is 3. The Labute approximate surface area is 171 Å². The molecule has 1 aromatic heterocycles. The summed E-state index contributed by atoms with van der Waals surface area (Å²) in [5.74, 6) is -0.161. The van der Waals surface area contributed by atoms with E-state index in [9.17, 15) is 9.59 Å². The fourth-order valence-corrected chi connectivity index (χ4v) is 3.92. The SMILES string of the molecule is O=C(Nc1ccc(N2CCCCC2)cc1)C(=O)N1CCN(c2ccccn2)CC1. The number of benzene rings is 1. The highest BCUT2D eigenvalue weighted by Gasteiger charge is 2.26. The van der Waals surface area contributed by atoms with Gasteiger partial charge < -0.3 is 20.0 Å². The van der Waals surface area contributed by atoms with Crippen molar-refractivity contribution in [1.29, 1.82) is 0 Å². The second kappa shape index (κ2) is 8.94. The number of pyridine rings is 1. The van der Waals surface area contributed by atoms with E-state index < -0.39 is 11.8 Å². The summed E-state index contributed by atoms with van der Waals surface area (Å²) >= 11 is 0. The van der Waals surface area contributed by atoms with Crippen LogP contribution in [0.2, 0.25) is 0 Å². The van der Waals surface area contributed by atoms with Gasteiger partial charge in [-0.1, -0.05) is 6.07 Å². The van der Waals surface area contributed by atoms with Crippen LogP contribution in [0.1, 0.15) is 19.3 Å². The van der Waals surface area contributed by atoms with Crippen LogP contribution in [-0.4, -0.2) is 61.0 Å². The zero-order valence-electron chi connectivity index (χ0n) is 16.6. The van der Waals surface area contributed by atoms with Gasteiger partial charge in [0.15, 0.2) is 0 Å². The number of nitrogens with zero attached hydrogens (tertiary/aromatic N) is 4. The lowest BCUT2D eigenvalue weighted by molar-refractivity contribution is -0.143. The summed E-state index contributed by atoms with van der Waals surface area (Å²) in [5.41, 5.74) is 1.82. The van der Waals surface area contributed by atoms with Crippen LogP contribution in [-0.2, 0) is 9.59 Å². The number of carbonyl (C=O) groups is 2. The van der Waals surface area contributed by atoms with E-state index in [1.807, 2.05) is 42.5 Å². The molecule has 0 unspecified atom stereocenters. The van der Waals surface area contributed by atoms with E-state index in [1.54, 1.807) is 11.1 Å². The van der Waals surface area contributed by atoms with Gasteiger partial charge >= 0.3 is 11.8 Å². The molecule has 0 aliphatic carbocycles. The molecule has 7 nitrogen and oxygen atoms in total. The molecule has 0 saturated carbocycles. The van der Waals surface area contributed by atoms with E-state index in [0.717, 1.165) is 18.9 Å². The topological polar surface area (TPSA) is 68.8 Å². The van der Waals surface area contributed by atoms with Crippen LogP contribution in [0.25, 0.3) is 0 Å². The van der Waals surface area contributed by atoms with Gasteiger partial charge in [-0.25, -0.2) is 4.98 Å². The third-order valence-electron chi connectivity index (χ3n) is 5.58. The zero-order valence-corrected chi connectivity index (χ0v) is 16.6. The Bertz CT molecular complexity index is 826. The summed E-state index contributed by atoms with van der Waals surface area (Å²) in [7, 11) is 0. The minimum atomic E-state index is -0.581. The number of anilines is 3. The van der Waals surface area contributed by atoms with Crippen LogP contribution >= 0.6 is 0 Å². The number of hydrogen-bond acceptors (Lipinski definition) is 5. The van der Waals surface area contributed by atoms with Crippen LogP contribution in [0.5, 0.6) is 0 Å². The number of hydrogen-bond donors (Lipinski definition) is 1. The molecule has 2 amide bonds. The van der Waals surface area contributed by atoms with Crippen molar-refractivity contribution in [2.45, 2.75) is 19.3 Å². The third kappa shape index (κ3) is 4.67. The molecule has 2 aliphatic heterocycles. The summed E-state index contributed by atoms with van der Waals surface area (Å²) in [6.45, 7) is 4.51. The highest BCUT2D eigenvalue weighted by atomic mass is 16.2. The normalized spacial score (nSPS) is 17.2. The summed E-state index contributed by atoms with van der Waals surface area (Å²) in [6.07, 6.45) is 5.50. The fraction of sp³-hybridized carbons (Fsp3) is 0.409. The molecule has 2 saturated heterocycles. The molecular weight excluding hydrogens is 366 g/mol. The van der Waals surface area contributed by atoms with Gasteiger partial charge in [-0.15, -0.1) is 0 Å². The van der Waals surface area contributed by atoms with Gasteiger partial charge in [0.25, 0.3) is 0 Å². The predicted molar refractivity (Wildman–Crippen MR) is 114 cm³/mol. The van der Waals surface area contributed by atoms with E-state index in [1.165, 1.54) is 24.9 Å². The Morgan fingerprint density at radius 1 is 0.793 bits per heavy atom. The van der Waals surface area contributed by atoms with Crippen LogP contribution in [0.15, 0.2) is 48.7 Å². The first-order valence-corrected chi connectivity index (χ1v) is 10.3. The maximum absolute atomic E-state index is 12.5. The number of amides is 2. The Morgan fingerprint density at radius 2 is 1.52 bits per heavy atom. The first-order valence-electron chi connectivity index (χ1n) is 10.3. The predicted octanol–water partition coefficient (Wildman–Crippen LogP) is 2.36. The van der Waals surface area contributed by atoms with E-state index in [4.69, 9.17) is 0 Å². The average Bonchev–Trinajstić information content (AvgIpc) is 2.80. The molecule has 29 heavy (non-hydrogen) atoms. The first-order chi connectivity index (χ1) is 14.2. The van der Waals surface area contributed by atoms with Crippen LogP contribution in [0.4, 0.5) is 17.2 Å². The van der Waals surface area contributed by atoms with Gasteiger partial charge in [-0.2, -0.15) is 0 Å². The molecule has 0 atom stereocenters. The van der Waals surface area contributed by atoms with E-state index >= 15 is 0 Å². The van der Waals surface area contributed by atoms with Crippen molar-refractivity contribution < 1.29 is 9.59 Å². The van der Waals surface area contributed by atoms with E-state index in [0.29, 0.717) is 31.9 Å². The largest absolute Gasteiger partial charge is 0.372 e. The molecule has 0 radical (unpaired) electrons. The van der Waals surface area contributed by atoms with Crippen molar-refractivity contribution in [3.8, 4) is 0 Å². The lowest BCUT2D eigenvalue weighted by Crippen LogP contribution is -2.51. The monoisotopic (exact) mass is 393 g/mol. The van der Waals surface area contributed by atoms with Gasteiger partial charge in [0.1, 0.15) is 5.82 Å². The zero-order chi connectivity index (χ0) is 20.1. The Hall–Kier alpha value is -3.09. The van der Waals surface area contributed by atoms with Crippen LogP contribution in [0.3, 0.4) is 0 Å². The van der Waals surface area contributed by atoms with Crippen LogP contribution in [0, 0.1) is 0 Å². The maximum Gasteiger partial charge on any atom is 0.313 e. The third-order valence-corrected chi connectivity index (χ3v) is 5.58. The molecule has 2 aliphatic rings. The van der Waals surface area contributed by atoms with Gasteiger partial charge in [0, 0.05) is 56.8 Å². The molecule has 7 heteroatoms. The van der Waals surface area contributed by atoms with Crippen molar-refractivity contribution >= 4 is 29.0 Å². The van der Waals surface area contributed by atoms with Crippen molar-refractivity contribution in [2.24, 2.45) is 0 Å². The number of piperazine rings is 1. The van der Waals surface area contributed by atoms with E-state index in [-0.39, 0.29) is 0 Å². The Balaban J connectivity index is 1.29. The van der Waals surface area contributed by atoms with Gasteiger partial charge in [0.2, 0.25) is 0 Å². The molecule has 3 heterocycles. The minimum Gasteiger partial charge on any atom is -0.372 e. The molecule has 152 valence electrons. The standard InChI is InChI=1S/C22H27N5O2/c28-21(24-18-7-9-19(10-8-18)25-12-4-1-5-13-25)22(29)27-16-14-26(15-17-27)20-6-2-3-11-23-20/h2-3,6-11H,1,4-5,12-17H2,(H,24,28). The van der Waals surface area contributed by atoms with Crippen molar-refractivity contribution in [2.75, 3.05) is 54.4 Å². The van der Waals surface area contributed by atoms with Gasteiger partial charge in [0.05, 0.1) is 0 Å². The van der Waals surface area contributed by atoms with Crippen molar-refractivity contribution in [3.05, 3.63) is 48.7 Å². The lowest BCUT2D eigenvalue weighted by atomic mass is 10.1. The molecular formula is C22H27N5O2.